The van der Waals surface area contributed by atoms with Gasteiger partial charge in [-0.05, 0) is 30.7 Å². The molecule has 1 aromatic heterocycles. The first-order valence-electron chi connectivity index (χ1n) is 8.23. The first-order valence-corrected chi connectivity index (χ1v) is 9.49. The number of halogens is 1. The molecular formula is C19H18ClN3O2S. The van der Waals surface area contributed by atoms with Crippen LogP contribution in [0.5, 0.6) is 0 Å². The van der Waals surface area contributed by atoms with Crippen molar-refractivity contribution >= 4 is 29.3 Å². The van der Waals surface area contributed by atoms with Crippen molar-refractivity contribution in [3.05, 3.63) is 65.5 Å². The molecule has 0 aliphatic heterocycles. The number of aromatic nitrogens is 2. The quantitative estimate of drug-likeness (QED) is 0.601. The highest BCUT2D eigenvalue weighted by molar-refractivity contribution is 8.00. The molecule has 0 bridgehead atoms. The Balaban J connectivity index is 1.57. The third kappa shape index (κ3) is 4.86. The van der Waals surface area contributed by atoms with Crippen molar-refractivity contribution in [2.45, 2.75) is 30.0 Å². The maximum absolute atomic E-state index is 12.4. The number of amides is 1. The van der Waals surface area contributed by atoms with E-state index in [0.29, 0.717) is 23.2 Å². The summed E-state index contributed by atoms with van der Waals surface area (Å²) in [6.45, 7) is 2.18. The fourth-order valence-electron chi connectivity index (χ4n) is 2.31. The van der Waals surface area contributed by atoms with Crippen LogP contribution in [0, 0.1) is 0 Å². The van der Waals surface area contributed by atoms with Crippen LogP contribution in [0.25, 0.3) is 11.4 Å². The molecule has 0 spiro atoms. The summed E-state index contributed by atoms with van der Waals surface area (Å²) in [5.74, 6) is 0.827. The average molecular weight is 388 g/mol. The minimum atomic E-state index is -0.201. The van der Waals surface area contributed by atoms with Crippen LogP contribution in [0.1, 0.15) is 19.2 Å². The van der Waals surface area contributed by atoms with Gasteiger partial charge in [-0.2, -0.15) is 4.98 Å². The molecule has 3 aromatic rings. The van der Waals surface area contributed by atoms with E-state index in [0.717, 1.165) is 10.5 Å². The minimum absolute atomic E-state index is 0.0630. The molecule has 3 rings (SSSR count). The number of carbonyl (C=O) groups is 1. The number of hydrogen-bond acceptors (Lipinski definition) is 5. The van der Waals surface area contributed by atoms with Gasteiger partial charge in [0.1, 0.15) is 0 Å². The predicted octanol–water partition coefficient (Wildman–Crippen LogP) is 4.58. The van der Waals surface area contributed by atoms with Crippen LogP contribution in [0.4, 0.5) is 0 Å². The molecule has 1 atom stereocenters. The largest absolute Gasteiger partial charge is 0.346 e. The van der Waals surface area contributed by atoms with Crippen LogP contribution in [0.15, 0.2) is 64.0 Å². The summed E-state index contributed by atoms with van der Waals surface area (Å²) in [4.78, 5) is 17.8. The molecule has 5 nitrogen and oxygen atoms in total. The van der Waals surface area contributed by atoms with Crippen LogP contribution in [0.2, 0.25) is 5.02 Å². The summed E-state index contributed by atoms with van der Waals surface area (Å²) in [7, 11) is 0. The van der Waals surface area contributed by atoms with E-state index in [2.05, 4.69) is 15.5 Å². The second kappa shape index (κ2) is 8.87. The number of rotatable bonds is 7. The third-order valence-electron chi connectivity index (χ3n) is 3.67. The fraction of sp³-hybridized carbons (Fsp3) is 0.211. The Kier molecular flexibility index (Phi) is 6.30. The molecule has 1 N–H and O–H groups in total. The summed E-state index contributed by atoms with van der Waals surface area (Å²) in [5.41, 5.74) is 0.874. The standard InChI is InChI=1S/C19H18ClN3O2S/c1-2-16(26-15-10-8-14(20)9-11-15)19(24)21-12-17-22-18(23-25-17)13-6-4-3-5-7-13/h3-11,16H,2,12H2,1H3,(H,21,24). The molecule has 1 unspecified atom stereocenters. The lowest BCUT2D eigenvalue weighted by Crippen LogP contribution is -2.31. The minimum Gasteiger partial charge on any atom is -0.346 e. The smallest absolute Gasteiger partial charge is 0.246 e. The number of nitrogens with zero attached hydrogens (tertiary/aromatic N) is 2. The Bertz CT molecular complexity index is 853. The first-order chi connectivity index (χ1) is 12.7. The zero-order chi connectivity index (χ0) is 18.4. The van der Waals surface area contributed by atoms with Gasteiger partial charge in [0.05, 0.1) is 11.8 Å². The number of carbonyl (C=O) groups excluding carboxylic acids is 1. The predicted molar refractivity (Wildman–Crippen MR) is 103 cm³/mol. The molecule has 1 amide bonds. The van der Waals surface area contributed by atoms with Gasteiger partial charge >= 0.3 is 0 Å². The third-order valence-corrected chi connectivity index (χ3v) is 5.30. The molecule has 0 aliphatic carbocycles. The summed E-state index contributed by atoms with van der Waals surface area (Å²) in [5, 5.41) is 7.29. The number of benzene rings is 2. The van der Waals surface area contributed by atoms with Gasteiger partial charge in [-0.15, -0.1) is 11.8 Å². The van der Waals surface area contributed by atoms with E-state index in [-0.39, 0.29) is 17.7 Å². The van der Waals surface area contributed by atoms with Crippen LogP contribution in [-0.2, 0) is 11.3 Å². The maximum Gasteiger partial charge on any atom is 0.246 e. The lowest BCUT2D eigenvalue weighted by atomic mass is 10.2. The van der Waals surface area contributed by atoms with Crippen LogP contribution < -0.4 is 5.32 Å². The fourth-order valence-corrected chi connectivity index (χ4v) is 3.41. The zero-order valence-electron chi connectivity index (χ0n) is 14.2. The second-order valence-corrected chi connectivity index (χ2v) is 7.28. The average Bonchev–Trinajstić information content (AvgIpc) is 3.15. The molecule has 0 radical (unpaired) electrons. The highest BCUT2D eigenvalue weighted by Crippen LogP contribution is 2.26. The van der Waals surface area contributed by atoms with Crippen molar-refractivity contribution in [1.82, 2.24) is 15.5 Å². The summed E-state index contributed by atoms with van der Waals surface area (Å²) >= 11 is 7.40. The van der Waals surface area contributed by atoms with Crippen molar-refractivity contribution in [2.24, 2.45) is 0 Å². The molecule has 26 heavy (non-hydrogen) atoms. The van der Waals surface area contributed by atoms with E-state index < -0.39 is 0 Å². The number of hydrogen-bond donors (Lipinski definition) is 1. The van der Waals surface area contributed by atoms with E-state index in [4.69, 9.17) is 16.1 Å². The molecule has 0 fully saturated rings. The molecule has 2 aromatic carbocycles. The van der Waals surface area contributed by atoms with Crippen molar-refractivity contribution in [1.29, 1.82) is 0 Å². The molecule has 0 aliphatic rings. The maximum atomic E-state index is 12.4. The SMILES string of the molecule is CCC(Sc1ccc(Cl)cc1)C(=O)NCc1nc(-c2ccccc2)no1. The Morgan fingerprint density at radius 2 is 1.92 bits per heavy atom. The normalized spacial score (nSPS) is 11.9. The molecule has 0 saturated carbocycles. The highest BCUT2D eigenvalue weighted by atomic mass is 35.5. The summed E-state index contributed by atoms with van der Waals surface area (Å²) < 4.78 is 5.22. The van der Waals surface area contributed by atoms with Gasteiger partial charge in [0.2, 0.25) is 17.6 Å². The van der Waals surface area contributed by atoms with E-state index in [1.54, 1.807) is 0 Å². The van der Waals surface area contributed by atoms with Gasteiger partial charge in [0.25, 0.3) is 0 Å². The monoisotopic (exact) mass is 387 g/mol. The Morgan fingerprint density at radius 1 is 1.19 bits per heavy atom. The Hall–Kier alpha value is -2.31. The summed E-state index contributed by atoms with van der Waals surface area (Å²) in [6, 6.07) is 17.0. The van der Waals surface area contributed by atoms with E-state index in [9.17, 15) is 4.79 Å². The molecule has 7 heteroatoms. The van der Waals surface area contributed by atoms with Gasteiger partial charge in [-0.3, -0.25) is 4.79 Å². The van der Waals surface area contributed by atoms with Crippen LogP contribution in [0.3, 0.4) is 0 Å². The highest BCUT2D eigenvalue weighted by Gasteiger charge is 2.19. The number of nitrogens with one attached hydrogen (secondary N) is 1. The van der Waals surface area contributed by atoms with Crippen molar-refractivity contribution < 1.29 is 9.32 Å². The van der Waals surface area contributed by atoms with Crippen LogP contribution in [-0.4, -0.2) is 21.3 Å². The molecule has 134 valence electrons. The van der Waals surface area contributed by atoms with Crippen LogP contribution >= 0.6 is 23.4 Å². The summed E-state index contributed by atoms with van der Waals surface area (Å²) in [6.07, 6.45) is 0.707. The van der Waals surface area contributed by atoms with Gasteiger partial charge < -0.3 is 9.84 Å². The lowest BCUT2D eigenvalue weighted by molar-refractivity contribution is -0.120. The van der Waals surface area contributed by atoms with Crippen molar-refractivity contribution in [3.8, 4) is 11.4 Å². The van der Waals surface area contributed by atoms with Gasteiger partial charge in [-0.25, -0.2) is 0 Å². The molecular weight excluding hydrogens is 370 g/mol. The molecule has 0 saturated heterocycles. The molecule has 1 heterocycles. The second-order valence-electron chi connectivity index (χ2n) is 5.56. The van der Waals surface area contributed by atoms with E-state index in [1.807, 2.05) is 61.5 Å². The Morgan fingerprint density at radius 3 is 2.62 bits per heavy atom. The Labute approximate surface area is 161 Å². The van der Waals surface area contributed by atoms with E-state index >= 15 is 0 Å². The first kappa shape index (κ1) is 18.5. The van der Waals surface area contributed by atoms with Gasteiger partial charge in [-0.1, -0.05) is 54.0 Å². The topological polar surface area (TPSA) is 68.0 Å². The van der Waals surface area contributed by atoms with Crippen molar-refractivity contribution in [3.63, 3.8) is 0 Å². The van der Waals surface area contributed by atoms with Gasteiger partial charge in [0, 0.05) is 15.5 Å². The van der Waals surface area contributed by atoms with E-state index in [1.165, 1.54) is 11.8 Å². The van der Waals surface area contributed by atoms with Crippen molar-refractivity contribution in [2.75, 3.05) is 0 Å². The van der Waals surface area contributed by atoms with Gasteiger partial charge in [0.15, 0.2) is 0 Å². The number of thioether (sulfide) groups is 1. The zero-order valence-corrected chi connectivity index (χ0v) is 15.8. The lowest BCUT2D eigenvalue weighted by Gasteiger charge is -2.13.